The normalized spacial score (nSPS) is 13.5. The third kappa shape index (κ3) is 5.40. The van der Waals surface area contributed by atoms with Crippen LogP contribution in [-0.2, 0) is 27.7 Å². The summed E-state index contributed by atoms with van der Waals surface area (Å²) in [6.07, 6.45) is 4.27. The van der Waals surface area contributed by atoms with Crippen LogP contribution in [0.25, 0.3) is 22.2 Å². The molecule has 1 amide bonds. The van der Waals surface area contributed by atoms with Crippen molar-refractivity contribution in [2.24, 2.45) is 5.92 Å². The Morgan fingerprint density at radius 3 is 2.61 bits per heavy atom. The monoisotopic (exact) mass is 532 g/mol. The molecule has 0 atom stereocenters. The lowest BCUT2D eigenvalue weighted by Gasteiger charge is -2.13. The van der Waals surface area contributed by atoms with E-state index in [1.165, 1.54) is 17.3 Å². The van der Waals surface area contributed by atoms with Crippen LogP contribution in [0.1, 0.15) is 32.3 Å². The first-order chi connectivity index (χ1) is 18.2. The molecular weight excluding hydrogens is 504 g/mol. The van der Waals surface area contributed by atoms with Gasteiger partial charge in [-0.05, 0) is 62.4 Å². The van der Waals surface area contributed by atoms with E-state index < -0.39 is 15.9 Å². The van der Waals surface area contributed by atoms with E-state index in [1.807, 2.05) is 12.1 Å². The van der Waals surface area contributed by atoms with Crippen LogP contribution in [0, 0.1) is 17.2 Å². The molecule has 1 N–H and O–H groups in total. The Morgan fingerprint density at radius 1 is 1.21 bits per heavy atom. The molecule has 196 valence electrons. The number of fused-ring (bicyclic) bond motifs is 1. The van der Waals surface area contributed by atoms with E-state index in [2.05, 4.69) is 26.0 Å². The average Bonchev–Trinajstić information content (AvgIpc) is 3.44. The standard InChI is InChI=1S/C27H28N6O4S/c1-18(2)37-27(34)31-21-7-5-20(6-8-21)26-24(14-28)23-10-9-22(13-25(23)33(26)15-19-3-4-19)38(35,36)12-11-32-17-29-16-30-32/h5-10,13,16-19H,3-4,11-12,15H2,1-2H3,(H,31,34). The van der Waals surface area contributed by atoms with Gasteiger partial charge in [0.1, 0.15) is 18.7 Å². The molecule has 38 heavy (non-hydrogen) atoms. The molecular formula is C27H28N6O4S. The minimum absolute atomic E-state index is 0.114. The molecule has 2 heterocycles. The first-order valence-corrected chi connectivity index (χ1v) is 14.1. The van der Waals surface area contributed by atoms with Crippen molar-refractivity contribution in [3.8, 4) is 17.3 Å². The van der Waals surface area contributed by atoms with E-state index in [9.17, 15) is 18.5 Å². The number of nitrogens with zero attached hydrogens (tertiary/aromatic N) is 5. The number of aryl methyl sites for hydroxylation is 1. The van der Waals surface area contributed by atoms with Crippen LogP contribution in [-0.4, -0.2) is 45.7 Å². The van der Waals surface area contributed by atoms with Crippen LogP contribution >= 0.6 is 0 Å². The summed E-state index contributed by atoms with van der Waals surface area (Å²) in [7, 11) is -3.60. The molecule has 0 unspecified atom stereocenters. The van der Waals surface area contributed by atoms with Crippen LogP contribution in [0.2, 0.25) is 0 Å². The molecule has 2 aromatic carbocycles. The predicted molar refractivity (Wildman–Crippen MR) is 142 cm³/mol. The van der Waals surface area contributed by atoms with Crippen molar-refractivity contribution in [2.75, 3.05) is 11.1 Å². The van der Waals surface area contributed by atoms with E-state index in [-0.39, 0.29) is 23.3 Å². The quantitative estimate of drug-likeness (QED) is 0.333. The number of sulfone groups is 1. The molecule has 2 aromatic heterocycles. The SMILES string of the molecule is CC(C)OC(=O)Nc1ccc(-c2c(C#N)c3ccc(S(=O)(=O)CCn4cncn4)cc3n2CC2CC2)cc1. The molecule has 0 bridgehead atoms. The number of benzene rings is 2. The van der Waals surface area contributed by atoms with E-state index >= 15 is 0 Å². The number of hydrogen-bond donors (Lipinski definition) is 1. The van der Waals surface area contributed by atoms with E-state index in [1.54, 1.807) is 44.2 Å². The summed E-state index contributed by atoms with van der Waals surface area (Å²) < 4.78 is 35.0. The van der Waals surface area contributed by atoms with Crippen LogP contribution in [0.15, 0.2) is 60.0 Å². The molecule has 1 aliphatic rings. The second-order valence-electron chi connectivity index (χ2n) is 9.70. The molecule has 5 rings (SSSR count). The Kier molecular flexibility index (Phi) is 6.91. The minimum Gasteiger partial charge on any atom is -0.447 e. The van der Waals surface area contributed by atoms with Gasteiger partial charge in [-0.2, -0.15) is 10.4 Å². The number of carbonyl (C=O) groups is 1. The van der Waals surface area contributed by atoms with Crippen molar-refractivity contribution in [1.29, 1.82) is 5.26 Å². The van der Waals surface area contributed by atoms with Crippen molar-refractivity contribution in [3.05, 3.63) is 60.7 Å². The maximum Gasteiger partial charge on any atom is 0.411 e. The van der Waals surface area contributed by atoms with E-state index in [0.717, 1.165) is 24.1 Å². The van der Waals surface area contributed by atoms with Gasteiger partial charge >= 0.3 is 6.09 Å². The summed E-state index contributed by atoms with van der Waals surface area (Å²) in [4.78, 5) is 16.0. The Hall–Kier alpha value is -4.17. The fourth-order valence-corrected chi connectivity index (χ4v) is 5.67. The zero-order valence-corrected chi connectivity index (χ0v) is 22.0. The number of amides is 1. The second kappa shape index (κ2) is 10.3. The summed E-state index contributed by atoms with van der Waals surface area (Å²) in [6.45, 7) is 4.44. The van der Waals surface area contributed by atoms with Gasteiger partial charge in [0.25, 0.3) is 0 Å². The van der Waals surface area contributed by atoms with Crippen molar-refractivity contribution in [3.63, 3.8) is 0 Å². The zero-order chi connectivity index (χ0) is 26.9. The number of nitrogens with one attached hydrogen (secondary N) is 1. The van der Waals surface area contributed by atoms with Crippen LogP contribution in [0.4, 0.5) is 10.5 Å². The first-order valence-electron chi connectivity index (χ1n) is 12.4. The molecule has 0 spiro atoms. The van der Waals surface area contributed by atoms with E-state index in [0.29, 0.717) is 34.6 Å². The zero-order valence-electron chi connectivity index (χ0n) is 21.2. The van der Waals surface area contributed by atoms with Crippen LogP contribution in [0.3, 0.4) is 0 Å². The minimum atomic E-state index is -3.60. The Morgan fingerprint density at radius 2 is 1.97 bits per heavy atom. The fourth-order valence-electron chi connectivity index (χ4n) is 4.44. The topological polar surface area (TPSA) is 132 Å². The Bertz CT molecular complexity index is 1610. The van der Waals surface area contributed by atoms with Gasteiger partial charge < -0.3 is 9.30 Å². The molecule has 1 fully saturated rings. The third-order valence-corrected chi connectivity index (χ3v) is 8.14. The number of carbonyl (C=O) groups excluding carboxylic acids is 1. The van der Waals surface area contributed by atoms with Gasteiger partial charge in [-0.25, -0.2) is 18.2 Å². The van der Waals surface area contributed by atoms with Gasteiger partial charge in [0, 0.05) is 17.6 Å². The number of rotatable bonds is 9. The number of ether oxygens (including phenoxy) is 1. The lowest BCUT2D eigenvalue weighted by molar-refractivity contribution is 0.130. The maximum absolute atomic E-state index is 13.2. The Balaban J connectivity index is 1.52. The first kappa shape index (κ1) is 25.5. The smallest absolute Gasteiger partial charge is 0.411 e. The molecule has 4 aromatic rings. The number of nitriles is 1. The van der Waals surface area contributed by atoms with Gasteiger partial charge in [-0.15, -0.1) is 0 Å². The summed E-state index contributed by atoms with van der Waals surface area (Å²) >= 11 is 0. The molecule has 0 radical (unpaired) electrons. The van der Waals surface area contributed by atoms with Crippen molar-refractivity contribution >= 4 is 32.5 Å². The molecule has 1 aliphatic carbocycles. The van der Waals surface area contributed by atoms with Crippen molar-refractivity contribution < 1.29 is 17.9 Å². The number of aromatic nitrogens is 4. The van der Waals surface area contributed by atoms with Gasteiger partial charge in [0.2, 0.25) is 0 Å². The Labute approximate surface area is 220 Å². The van der Waals surface area contributed by atoms with Crippen molar-refractivity contribution in [2.45, 2.75) is 50.8 Å². The highest BCUT2D eigenvalue weighted by molar-refractivity contribution is 7.91. The molecule has 10 nitrogen and oxygen atoms in total. The lowest BCUT2D eigenvalue weighted by atomic mass is 10.1. The summed E-state index contributed by atoms with van der Waals surface area (Å²) in [6, 6.07) is 14.5. The predicted octanol–water partition coefficient (Wildman–Crippen LogP) is 4.61. The largest absolute Gasteiger partial charge is 0.447 e. The highest BCUT2D eigenvalue weighted by Gasteiger charge is 2.27. The van der Waals surface area contributed by atoms with Gasteiger partial charge in [0.15, 0.2) is 9.84 Å². The van der Waals surface area contributed by atoms with Gasteiger partial charge in [0.05, 0.1) is 40.1 Å². The fraction of sp³-hybridized carbons (Fsp3) is 0.333. The summed E-state index contributed by atoms with van der Waals surface area (Å²) in [5.41, 5.74) is 3.32. The highest BCUT2D eigenvalue weighted by atomic mass is 32.2. The maximum atomic E-state index is 13.2. The molecule has 11 heteroatoms. The molecule has 1 saturated carbocycles. The average molecular weight is 533 g/mol. The number of hydrogen-bond acceptors (Lipinski definition) is 7. The van der Waals surface area contributed by atoms with Crippen LogP contribution < -0.4 is 5.32 Å². The third-order valence-electron chi connectivity index (χ3n) is 6.45. The van der Waals surface area contributed by atoms with Crippen molar-refractivity contribution in [1.82, 2.24) is 19.3 Å². The van der Waals surface area contributed by atoms with E-state index in [4.69, 9.17) is 4.74 Å². The highest BCUT2D eigenvalue weighted by Crippen LogP contribution is 2.39. The van der Waals surface area contributed by atoms with Gasteiger partial charge in [-0.1, -0.05) is 18.2 Å². The summed E-state index contributed by atoms with van der Waals surface area (Å²) in [5.74, 6) is 0.367. The summed E-state index contributed by atoms with van der Waals surface area (Å²) in [5, 5.41) is 17.5. The van der Waals surface area contributed by atoms with Gasteiger partial charge in [-0.3, -0.25) is 10.00 Å². The molecule has 0 aliphatic heterocycles. The lowest BCUT2D eigenvalue weighted by Crippen LogP contribution is -2.17. The van der Waals surface area contributed by atoms with Crippen LogP contribution in [0.5, 0.6) is 0 Å². The number of anilines is 1. The second-order valence-corrected chi connectivity index (χ2v) is 11.8. The molecule has 0 saturated heterocycles.